The Bertz CT molecular complexity index is 1590. The van der Waals surface area contributed by atoms with Gasteiger partial charge in [0.2, 0.25) is 11.8 Å². The first kappa shape index (κ1) is 26.7. The first-order chi connectivity index (χ1) is 18.2. The van der Waals surface area contributed by atoms with Crippen LogP contribution in [0.25, 0.3) is 32.7 Å². The van der Waals surface area contributed by atoms with Crippen molar-refractivity contribution in [1.29, 1.82) is 0 Å². The third-order valence-corrected chi connectivity index (χ3v) is 7.35. The lowest BCUT2D eigenvalue weighted by Gasteiger charge is -2.22. The number of carbonyl (C=O) groups excluding carboxylic acids is 2. The second kappa shape index (κ2) is 9.11. The summed E-state index contributed by atoms with van der Waals surface area (Å²) >= 11 is 0. The molecule has 202 valence electrons. The number of phosphoric acid groups is 1. The van der Waals surface area contributed by atoms with Gasteiger partial charge in [-0.25, -0.2) is 4.57 Å². The van der Waals surface area contributed by atoms with Crippen molar-refractivity contribution < 1.29 is 28.1 Å². The van der Waals surface area contributed by atoms with E-state index in [1.807, 2.05) is 48.5 Å². The van der Waals surface area contributed by atoms with Crippen molar-refractivity contribution in [3.8, 4) is 22.6 Å². The Kier molecular flexibility index (Phi) is 6.24. The summed E-state index contributed by atoms with van der Waals surface area (Å²) in [6.45, 7) is 10.6. The van der Waals surface area contributed by atoms with Gasteiger partial charge in [-0.1, -0.05) is 90.1 Å². The Balaban J connectivity index is 1.92. The number of benzene rings is 4. The van der Waals surface area contributed by atoms with E-state index in [4.69, 9.17) is 9.05 Å². The Hall–Kier alpha value is -3.87. The van der Waals surface area contributed by atoms with Crippen LogP contribution in [-0.4, -0.2) is 16.7 Å². The fraction of sp³-hybridized carbons (Fsp3) is 0.267. The summed E-state index contributed by atoms with van der Waals surface area (Å²) in [5, 5.41) is 8.78. The SMILES string of the molecule is CC(C)(C)C(=O)Nc1cc2ccccc2c2c1OP(=O)(O)Oc1c(NC(=O)C(C)(C)C)cc3ccccc3c1-2. The first-order valence-electron chi connectivity index (χ1n) is 12.6. The molecule has 4 aromatic rings. The molecule has 0 unspecified atom stereocenters. The average Bonchev–Trinajstić information content (AvgIpc) is 2.96. The summed E-state index contributed by atoms with van der Waals surface area (Å²) in [7, 11) is -4.78. The Morgan fingerprint density at radius 3 is 1.41 bits per heavy atom. The van der Waals surface area contributed by atoms with Crippen molar-refractivity contribution in [1.82, 2.24) is 0 Å². The number of nitrogens with one attached hydrogen (secondary N) is 2. The summed E-state index contributed by atoms with van der Waals surface area (Å²) in [6, 6.07) is 18.4. The van der Waals surface area contributed by atoms with E-state index in [0.29, 0.717) is 11.1 Å². The highest BCUT2D eigenvalue weighted by atomic mass is 31.2. The average molecular weight is 547 g/mol. The molecule has 0 spiro atoms. The minimum absolute atomic E-state index is 0.0142. The van der Waals surface area contributed by atoms with E-state index in [0.717, 1.165) is 21.5 Å². The lowest BCUT2D eigenvalue weighted by atomic mass is 9.90. The Labute approximate surface area is 226 Å². The monoisotopic (exact) mass is 546 g/mol. The van der Waals surface area contributed by atoms with Gasteiger partial charge in [-0.2, -0.15) is 0 Å². The van der Waals surface area contributed by atoms with Crippen molar-refractivity contribution in [2.75, 3.05) is 10.6 Å². The molecule has 0 bridgehead atoms. The maximum atomic E-state index is 13.4. The van der Waals surface area contributed by atoms with Gasteiger partial charge in [-0.15, -0.1) is 0 Å². The van der Waals surface area contributed by atoms with Gasteiger partial charge in [0.1, 0.15) is 0 Å². The van der Waals surface area contributed by atoms with Crippen LogP contribution in [0.1, 0.15) is 41.5 Å². The van der Waals surface area contributed by atoms with E-state index >= 15 is 0 Å². The highest BCUT2D eigenvalue weighted by Gasteiger charge is 2.38. The van der Waals surface area contributed by atoms with Gasteiger partial charge in [-0.3, -0.25) is 14.5 Å². The molecule has 3 N–H and O–H groups in total. The summed E-state index contributed by atoms with van der Waals surface area (Å²) in [4.78, 5) is 37.0. The molecule has 0 radical (unpaired) electrons. The van der Waals surface area contributed by atoms with Gasteiger partial charge in [0, 0.05) is 22.0 Å². The molecule has 2 amide bonds. The summed E-state index contributed by atoms with van der Waals surface area (Å²) in [5.74, 6) is -0.559. The zero-order chi connectivity index (χ0) is 28.3. The molecule has 0 saturated heterocycles. The molecule has 8 nitrogen and oxygen atoms in total. The fourth-order valence-electron chi connectivity index (χ4n) is 4.40. The van der Waals surface area contributed by atoms with Crippen LogP contribution in [-0.2, 0) is 14.2 Å². The van der Waals surface area contributed by atoms with Crippen molar-refractivity contribution in [3.63, 3.8) is 0 Å². The number of anilines is 2. The number of rotatable bonds is 2. The lowest BCUT2D eigenvalue weighted by molar-refractivity contribution is -0.123. The minimum Gasteiger partial charge on any atom is -0.392 e. The third-order valence-electron chi connectivity index (χ3n) is 6.53. The first-order valence-corrected chi connectivity index (χ1v) is 14.1. The molecular weight excluding hydrogens is 515 g/mol. The second-order valence-corrected chi connectivity index (χ2v) is 13.1. The zero-order valence-corrected chi connectivity index (χ0v) is 23.6. The van der Waals surface area contributed by atoms with Gasteiger partial charge in [0.05, 0.1) is 11.4 Å². The van der Waals surface area contributed by atoms with Crippen LogP contribution in [0.15, 0.2) is 60.7 Å². The van der Waals surface area contributed by atoms with Gasteiger partial charge in [-0.05, 0) is 33.7 Å². The summed E-state index contributed by atoms with van der Waals surface area (Å²) in [5.41, 5.74) is -0.0515. The minimum atomic E-state index is -4.78. The molecule has 0 atom stereocenters. The van der Waals surface area contributed by atoms with Gasteiger partial charge >= 0.3 is 7.82 Å². The molecule has 0 fully saturated rings. The van der Waals surface area contributed by atoms with Crippen LogP contribution in [0, 0.1) is 10.8 Å². The molecule has 1 aliphatic heterocycles. The van der Waals surface area contributed by atoms with Crippen LogP contribution < -0.4 is 19.7 Å². The smallest absolute Gasteiger partial charge is 0.392 e. The van der Waals surface area contributed by atoms with Crippen LogP contribution >= 0.6 is 7.82 Å². The number of hydrogen-bond donors (Lipinski definition) is 3. The van der Waals surface area contributed by atoms with E-state index in [-0.39, 0.29) is 34.7 Å². The van der Waals surface area contributed by atoms with Gasteiger partial charge in [0.15, 0.2) is 11.5 Å². The quantitative estimate of drug-likeness (QED) is 0.224. The van der Waals surface area contributed by atoms with Crippen molar-refractivity contribution in [2.45, 2.75) is 41.5 Å². The van der Waals surface area contributed by atoms with E-state index in [1.165, 1.54) is 0 Å². The molecule has 0 saturated carbocycles. The summed E-state index contributed by atoms with van der Waals surface area (Å²) < 4.78 is 24.8. The van der Waals surface area contributed by atoms with Crippen molar-refractivity contribution in [3.05, 3.63) is 60.7 Å². The van der Waals surface area contributed by atoms with Crippen LogP contribution in [0.2, 0.25) is 0 Å². The van der Waals surface area contributed by atoms with E-state index in [2.05, 4.69) is 10.6 Å². The van der Waals surface area contributed by atoms with Gasteiger partial charge < -0.3 is 19.7 Å². The number of hydrogen-bond acceptors (Lipinski definition) is 5. The molecule has 1 aliphatic rings. The van der Waals surface area contributed by atoms with E-state index in [9.17, 15) is 19.0 Å². The largest absolute Gasteiger partial charge is 0.585 e. The maximum Gasteiger partial charge on any atom is 0.585 e. The Morgan fingerprint density at radius 2 is 1.05 bits per heavy atom. The molecule has 0 aliphatic carbocycles. The number of carbonyl (C=O) groups is 2. The van der Waals surface area contributed by atoms with E-state index < -0.39 is 18.7 Å². The second-order valence-electron chi connectivity index (χ2n) is 11.8. The molecule has 4 aromatic carbocycles. The zero-order valence-electron chi connectivity index (χ0n) is 22.7. The number of phosphoric ester groups is 1. The van der Waals surface area contributed by atoms with Crippen LogP contribution in [0.3, 0.4) is 0 Å². The highest BCUT2D eigenvalue weighted by Crippen LogP contribution is 2.61. The van der Waals surface area contributed by atoms with Gasteiger partial charge in [0.25, 0.3) is 0 Å². The van der Waals surface area contributed by atoms with Crippen molar-refractivity contribution >= 4 is 52.6 Å². The molecule has 5 rings (SSSR count). The van der Waals surface area contributed by atoms with Crippen LogP contribution in [0.5, 0.6) is 11.5 Å². The molecule has 0 aromatic heterocycles. The maximum absolute atomic E-state index is 13.4. The number of fused-ring (bicyclic) bond motifs is 7. The fourth-order valence-corrected chi connectivity index (χ4v) is 5.28. The Morgan fingerprint density at radius 1 is 0.692 bits per heavy atom. The predicted molar refractivity (Wildman–Crippen MR) is 154 cm³/mol. The van der Waals surface area contributed by atoms with Crippen molar-refractivity contribution in [2.24, 2.45) is 10.8 Å². The topological polar surface area (TPSA) is 114 Å². The highest BCUT2D eigenvalue weighted by molar-refractivity contribution is 7.48. The molecule has 39 heavy (non-hydrogen) atoms. The number of amides is 2. The normalized spacial score (nSPS) is 14.4. The molecular formula is C30H31N2O6P. The molecule has 1 heterocycles. The standard InChI is InChI=1S/C30H31N2O6P/c1-29(2,3)27(33)31-21-15-17-11-7-9-13-19(17)23-24-20-14-10-8-12-18(20)16-22(32-28(34)30(4,5)6)26(24)38-39(35,36)37-25(21)23/h7-16H,1-6H3,(H,31,33)(H,32,34)(H,35,36). The molecule has 9 heteroatoms. The summed E-state index contributed by atoms with van der Waals surface area (Å²) in [6.07, 6.45) is 0. The predicted octanol–water partition coefficient (Wildman–Crippen LogP) is 7.50. The van der Waals surface area contributed by atoms with Crippen LogP contribution in [0.4, 0.5) is 11.4 Å². The lowest BCUT2D eigenvalue weighted by Crippen LogP contribution is -2.27. The third kappa shape index (κ3) is 4.98. The van der Waals surface area contributed by atoms with E-state index in [1.54, 1.807) is 53.7 Å².